The number of rotatable bonds is 5. The summed E-state index contributed by atoms with van der Waals surface area (Å²) in [5.41, 5.74) is 0.0336. The fourth-order valence-corrected chi connectivity index (χ4v) is 3.64. The van der Waals surface area contributed by atoms with Crippen molar-refractivity contribution in [2.45, 2.75) is 37.3 Å². The highest BCUT2D eigenvalue weighted by molar-refractivity contribution is 7.90. The lowest BCUT2D eigenvalue weighted by atomic mass is 10.1. The first kappa shape index (κ1) is 20.8. The molecule has 1 amide bonds. The molecule has 0 spiro atoms. The molecule has 1 aliphatic rings. The molecule has 0 aliphatic carbocycles. The molecular weight excluding hydrogens is 403 g/mol. The van der Waals surface area contributed by atoms with E-state index in [1.54, 1.807) is 6.92 Å². The summed E-state index contributed by atoms with van der Waals surface area (Å²) in [7, 11) is -3.52. The van der Waals surface area contributed by atoms with Gasteiger partial charge in [-0.05, 0) is 38.0 Å². The van der Waals surface area contributed by atoms with E-state index in [0.717, 1.165) is 25.2 Å². The molecule has 9 nitrogen and oxygen atoms in total. The molecule has 1 aromatic carbocycles. The third kappa shape index (κ3) is 5.11. The van der Waals surface area contributed by atoms with Crippen molar-refractivity contribution in [3.8, 4) is 5.88 Å². The Morgan fingerprint density at radius 1 is 1.31 bits per heavy atom. The number of sulfone groups is 1. The quantitative estimate of drug-likeness (QED) is 0.751. The first-order valence-corrected chi connectivity index (χ1v) is 10.8. The second-order valence-corrected chi connectivity index (χ2v) is 8.74. The molecule has 2 heterocycles. The second-order valence-electron chi connectivity index (χ2n) is 6.72. The summed E-state index contributed by atoms with van der Waals surface area (Å²) in [6.07, 6.45) is 1.42. The molecule has 2 aromatic rings. The van der Waals surface area contributed by atoms with E-state index in [-0.39, 0.29) is 22.3 Å². The van der Waals surface area contributed by atoms with Gasteiger partial charge in [-0.25, -0.2) is 22.6 Å². The van der Waals surface area contributed by atoms with Crippen LogP contribution in [0.15, 0.2) is 29.2 Å². The Balaban J connectivity index is 1.81. The van der Waals surface area contributed by atoms with Gasteiger partial charge >= 0.3 is 6.09 Å². The number of likely N-dealkylation sites (tertiary alicyclic amines) is 1. The number of nitrogens with zero attached hydrogens (tertiary/aromatic N) is 3. The Morgan fingerprint density at radius 3 is 2.72 bits per heavy atom. The minimum Gasteiger partial charge on any atom is -0.465 e. The third-order valence-electron chi connectivity index (χ3n) is 4.40. The largest absolute Gasteiger partial charge is 0.465 e. The predicted molar refractivity (Wildman–Crippen MR) is 103 cm³/mol. The molecule has 1 fully saturated rings. The fourth-order valence-electron chi connectivity index (χ4n) is 3.01. The molecule has 29 heavy (non-hydrogen) atoms. The highest BCUT2D eigenvalue weighted by Crippen LogP contribution is 2.26. The average molecular weight is 424 g/mol. The van der Waals surface area contributed by atoms with Crippen LogP contribution >= 0.6 is 0 Å². The minimum absolute atomic E-state index is 0.0336. The van der Waals surface area contributed by atoms with Crippen molar-refractivity contribution in [2.75, 3.05) is 18.1 Å². The zero-order chi connectivity index (χ0) is 21.2. The van der Waals surface area contributed by atoms with Gasteiger partial charge in [0.05, 0.1) is 10.6 Å². The van der Waals surface area contributed by atoms with Gasteiger partial charge in [0.1, 0.15) is 17.5 Å². The van der Waals surface area contributed by atoms with Gasteiger partial charge in [0.2, 0.25) is 5.88 Å². The van der Waals surface area contributed by atoms with E-state index in [2.05, 4.69) is 15.3 Å². The Labute approximate surface area is 167 Å². The van der Waals surface area contributed by atoms with Gasteiger partial charge in [-0.3, -0.25) is 4.90 Å². The first-order chi connectivity index (χ1) is 13.6. The lowest BCUT2D eigenvalue weighted by Crippen LogP contribution is -2.46. The molecule has 1 unspecified atom stereocenters. The van der Waals surface area contributed by atoms with Crippen LogP contribution in [-0.4, -0.2) is 53.5 Å². The van der Waals surface area contributed by atoms with Gasteiger partial charge in [0.15, 0.2) is 16.1 Å². The van der Waals surface area contributed by atoms with Crippen molar-refractivity contribution in [3.05, 3.63) is 35.9 Å². The van der Waals surface area contributed by atoms with Crippen molar-refractivity contribution in [1.29, 1.82) is 0 Å². The van der Waals surface area contributed by atoms with Crippen molar-refractivity contribution in [3.63, 3.8) is 0 Å². The molecule has 1 aliphatic heterocycles. The monoisotopic (exact) mass is 424 g/mol. The van der Waals surface area contributed by atoms with Crippen LogP contribution in [0.1, 0.15) is 25.1 Å². The highest BCUT2D eigenvalue weighted by Gasteiger charge is 2.28. The number of hydrogen-bond donors (Lipinski definition) is 2. The standard InChI is InChI=1S/C18H21FN4O5S/c1-11-20-15(22-14-7-6-12(9-13(14)19)29(2,26)27)10-16(21-11)28-17-5-3-4-8-23(17)18(24)25/h6-7,9-10,17H,3-5,8H2,1-2H3,(H,24,25)(H,20,21,22). The maximum Gasteiger partial charge on any atom is 0.410 e. The molecule has 2 N–H and O–H groups in total. The van der Waals surface area contributed by atoms with E-state index in [9.17, 15) is 22.7 Å². The zero-order valence-electron chi connectivity index (χ0n) is 15.9. The van der Waals surface area contributed by atoms with E-state index in [0.29, 0.717) is 18.8 Å². The molecular formula is C18H21FN4O5S. The molecule has 1 aromatic heterocycles. The van der Waals surface area contributed by atoms with Gasteiger partial charge in [-0.2, -0.15) is 4.98 Å². The minimum atomic E-state index is -3.52. The van der Waals surface area contributed by atoms with Crippen molar-refractivity contribution in [2.24, 2.45) is 0 Å². The van der Waals surface area contributed by atoms with Gasteiger partial charge < -0.3 is 15.2 Å². The number of aryl methyl sites for hydroxylation is 1. The number of nitrogens with one attached hydrogen (secondary N) is 1. The van der Waals surface area contributed by atoms with E-state index >= 15 is 0 Å². The van der Waals surface area contributed by atoms with Crippen LogP contribution in [0.4, 0.5) is 20.7 Å². The number of amides is 1. The molecule has 1 saturated heterocycles. The zero-order valence-corrected chi connectivity index (χ0v) is 16.7. The van der Waals surface area contributed by atoms with Gasteiger partial charge in [-0.15, -0.1) is 0 Å². The summed E-state index contributed by atoms with van der Waals surface area (Å²) in [4.78, 5) is 20.8. The van der Waals surface area contributed by atoms with E-state index in [1.807, 2.05) is 0 Å². The van der Waals surface area contributed by atoms with Crippen molar-refractivity contribution in [1.82, 2.24) is 14.9 Å². The number of aromatic nitrogens is 2. The van der Waals surface area contributed by atoms with Crippen molar-refractivity contribution >= 4 is 27.4 Å². The van der Waals surface area contributed by atoms with Crippen LogP contribution in [0.3, 0.4) is 0 Å². The number of ether oxygens (including phenoxy) is 1. The predicted octanol–water partition coefficient (Wildman–Crippen LogP) is 2.94. The van der Waals surface area contributed by atoms with Gasteiger partial charge in [0, 0.05) is 25.3 Å². The first-order valence-electron chi connectivity index (χ1n) is 8.92. The lowest BCUT2D eigenvalue weighted by molar-refractivity contribution is 0.00328. The van der Waals surface area contributed by atoms with Gasteiger partial charge in [0.25, 0.3) is 0 Å². The molecule has 1 atom stereocenters. The Morgan fingerprint density at radius 2 is 2.07 bits per heavy atom. The summed E-state index contributed by atoms with van der Waals surface area (Å²) in [5.74, 6) is -0.0191. The number of carbonyl (C=O) groups is 1. The van der Waals surface area contributed by atoms with Crippen LogP contribution in [-0.2, 0) is 9.84 Å². The Kier molecular flexibility index (Phi) is 5.87. The topological polar surface area (TPSA) is 122 Å². The van der Waals surface area contributed by atoms with Crippen LogP contribution in [0.2, 0.25) is 0 Å². The van der Waals surface area contributed by atoms with Gasteiger partial charge in [-0.1, -0.05) is 0 Å². The second kappa shape index (κ2) is 8.19. The Bertz CT molecular complexity index is 1030. The smallest absolute Gasteiger partial charge is 0.410 e. The normalized spacial score (nSPS) is 17.1. The third-order valence-corrected chi connectivity index (χ3v) is 5.51. The number of halogens is 1. The van der Waals surface area contributed by atoms with Crippen LogP contribution < -0.4 is 10.1 Å². The Hall–Kier alpha value is -2.95. The van der Waals surface area contributed by atoms with Crippen LogP contribution in [0.5, 0.6) is 5.88 Å². The molecule has 11 heteroatoms. The number of benzene rings is 1. The van der Waals surface area contributed by atoms with E-state index in [1.165, 1.54) is 23.1 Å². The van der Waals surface area contributed by atoms with E-state index < -0.39 is 28.0 Å². The molecule has 0 bridgehead atoms. The highest BCUT2D eigenvalue weighted by atomic mass is 32.2. The summed E-state index contributed by atoms with van der Waals surface area (Å²) < 4.78 is 43.1. The van der Waals surface area contributed by atoms with E-state index in [4.69, 9.17) is 4.74 Å². The molecule has 156 valence electrons. The number of piperidine rings is 1. The summed E-state index contributed by atoms with van der Waals surface area (Å²) in [6.45, 7) is 2.00. The summed E-state index contributed by atoms with van der Waals surface area (Å²) >= 11 is 0. The van der Waals surface area contributed by atoms with Crippen molar-refractivity contribution < 1.29 is 27.4 Å². The lowest BCUT2D eigenvalue weighted by Gasteiger charge is -2.33. The maximum atomic E-state index is 14.3. The summed E-state index contributed by atoms with van der Waals surface area (Å²) in [6, 6.07) is 4.96. The van der Waals surface area contributed by atoms with Crippen LogP contribution in [0.25, 0.3) is 0 Å². The molecule has 0 radical (unpaired) electrons. The van der Waals surface area contributed by atoms with Crippen LogP contribution in [0, 0.1) is 12.7 Å². The SMILES string of the molecule is Cc1nc(Nc2ccc(S(C)(=O)=O)cc2F)cc(OC2CCCCN2C(=O)O)n1. The maximum absolute atomic E-state index is 14.3. The molecule has 3 rings (SSSR count). The summed E-state index contributed by atoms with van der Waals surface area (Å²) in [5, 5.41) is 12.1. The number of carboxylic acid groups (broad SMARTS) is 1. The fraction of sp³-hybridized carbons (Fsp3) is 0.389. The number of anilines is 2. The molecule has 0 saturated carbocycles. The average Bonchev–Trinajstić information content (AvgIpc) is 2.62. The number of hydrogen-bond acceptors (Lipinski definition) is 7.